The quantitative estimate of drug-likeness (QED) is 0.701. The lowest BCUT2D eigenvalue weighted by atomic mass is 10.1. The SMILES string of the molecule is Cc1cccc(-c2ncc(Cl)n2C)c1. The molecule has 1 heterocycles. The molecule has 1 aromatic carbocycles. The van der Waals surface area contributed by atoms with Crippen LogP contribution in [0.25, 0.3) is 11.4 Å². The lowest BCUT2D eigenvalue weighted by Crippen LogP contribution is -1.92. The van der Waals surface area contributed by atoms with Crippen LogP contribution in [0.4, 0.5) is 0 Å². The van der Waals surface area contributed by atoms with Crippen molar-refractivity contribution in [1.29, 1.82) is 0 Å². The third-order valence-electron chi connectivity index (χ3n) is 2.21. The second kappa shape index (κ2) is 3.46. The molecule has 1 aromatic heterocycles. The van der Waals surface area contributed by atoms with Crippen molar-refractivity contribution in [1.82, 2.24) is 9.55 Å². The number of hydrogen-bond acceptors (Lipinski definition) is 1. The van der Waals surface area contributed by atoms with Crippen LogP contribution in [0.5, 0.6) is 0 Å². The molecule has 0 spiro atoms. The average molecular weight is 207 g/mol. The highest BCUT2D eigenvalue weighted by Gasteiger charge is 2.06. The Morgan fingerprint density at radius 3 is 2.71 bits per heavy atom. The summed E-state index contributed by atoms with van der Waals surface area (Å²) >= 11 is 5.92. The minimum atomic E-state index is 0.654. The number of nitrogens with zero attached hydrogens (tertiary/aromatic N) is 2. The van der Waals surface area contributed by atoms with E-state index in [0.717, 1.165) is 11.4 Å². The van der Waals surface area contributed by atoms with Crippen molar-refractivity contribution in [2.24, 2.45) is 7.05 Å². The second-order valence-corrected chi connectivity index (χ2v) is 3.72. The zero-order valence-corrected chi connectivity index (χ0v) is 8.92. The highest BCUT2D eigenvalue weighted by molar-refractivity contribution is 6.29. The topological polar surface area (TPSA) is 17.8 Å². The van der Waals surface area contributed by atoms with Crippen LogP contribution in [0.2, 0.25) is 5.15 Å². The van der Waals surface area contributed by atoms with E-state index in [1.165, 1.54) is 5.56 Å². The number of aryl methyl sites for hydroxylation is 1. The summed E-state index contributed by atoms with van der Waals surface area (Å²) < 4.78 is 1.87. The van der Waals surface area contributed by atoms with Crippen molar-refractivity contribution in [3.63, 3.8) is 0 Å². The first-order valence-electron chi connectivity index (χ1n) is 4.43. The Kier molecular flexibility index (Phi) is 2.30. The largest absolute Gasteiger partial charge is 0.318 e. The van der Waals surface area contributed by atoms with Gasteiger partial charge in [0, 0.05) is 12.6 Å². The van der Waals surface area contributed by atoms with Gasteiger partial charge in [0.2, 0.25) is 0 Å². The van der Waals surface area contributed by atoms with Gasteiger partial charge in [-0.3, -0.25) is 0 Å². The molecule has 0 amide bonds. The Hall–Kier alpha value is -1.28. The van der Waals surface area contributed by atoms with Crippen molar-refractivity contribution in [3.05, 3.63) is 41.2 Å². The van der Waals surface area contributed by atoms with Gasteiger partial charge >= 0.3 is 0 Å². The van der Waals surface area contributed by atoms with Gasteiger partial charge in [0.15, 0.2) is 0 Å². The summed E-state index contributed by atoms with van der Waals surface area (Å²) in [4.78, 5) is 4.26. The average Bonchev–Trinajstić information content (AvgIpc) is 2.48. The lowest BCUT2D eigenvalue weighted by molar-refractivity contribution is 0.925. The zero-order valence-electron chi connectivity index (χ0n) is 8.16. The molecule has 3 heteroatoms. The number of aromatic nitrogens is 2. The molecule has 0 fully saturated rings. The molecule has 2 nitrogen and oxygen atoms in total. The van der Waals surface area contributed by atoms with Crippen LogP contribution in [-0.4, -0.2) is 9.55 Å². The Morgan fingerprint density at radius 2 is 2.14 bits per heavy atom. The molecule has 72 valence electrons. The molecule has 0 radical (unpaired) electrons. The van der Waals surface area contributed by atoms with Gasteiger partial charge in [-0.1, -0.05) is 35.4 Å². The summed E-state index contributed by atoms with van der Waals surface area (Å²) in [5.41, 5.74) is 2.32. The van der Waals surface area contributed by atoms with Gasteiger partial charge in [-0.15, -0.1) is 0 Å². The number of imidazole rings is 1. The van der Waals surface area contributed by atoms with Crippen molar-refractivity contribution in [2.45, 2.75) is 6.92 Å². The Labute approximate surface area is 88.2 Å². The van der Waals surface area contributed by atoms with E-state index < -0.39 is 0 Å². The van der Waals surface area contributed by atoms with Crippen LogP contribution < -0.4 is 0 Å². The van der Waals surface area contributed by atoms with Gasteiger partial charge in [-0.2, -0.15) is 0 Å². The predicted molar refractivity (Wildman–Crippen MR) is 58.4 cm³/mol. The fourth-order valence-corrected chi connectivity index (χ4v) is 1.57. The smallest absolute Gasteiger partial charge is 0.140 e. The summed E-state index contributed by atoms with van der Waals surface area (Å²) in [5, 5.41) is 0.654. The molecule has 0 unspecified atom stereocenters. The van der Waals surface area contributed by atoms with E-state index in [2.05, 4.69) is 24.0 Å². The number of halogens is 1. The van der Waals surface area contributed by atoms with Gasteiger partial charge in [-0.05, 0) is 13.0 Å². The van der Waals surface area contributed by atoms with Gasteiger partial charge in [-0.25, -0.2) is 4.98 Å². The van der Waals surface area contributed by atoms with E-state index in [4.69, 9.17) is 11.6 Å². The van der Waals surface area contributed by atoms with E-state index >= 15 is 0 Å². The lowest BCUT2D eigenvalue weighted by Gasteiger charge is -2.03. The monoisotopic (exact) mass is 206 g/mol. The number of hydrogen-bond donors (Lipinski definition) is 0. The van der Waals surface area contributed by atoms with Gasteiger partial charge < -0.3 is 4.57 Å². The van der Waals surface area contributed by atoms with E-state index in [0.29, 0.717) is 5.15 Å². The molecule has 14 heavy (non-hydrogen) atoms. The minimum absolute atomic E-state index is 0.654. The normalized spacial score (nSPS) is 10.5. The molecule has 2 rings (SSSR count). The molecule has 0 saturated carbocycles. The maximum atomic E-state index is 5.92. The minimum Gasteiger partial charge on any atom is -0.318 e. The van der Waals surface area contributed by atoms with E-state index in [1.807, 2.05) is 23.7 Å². The van der Waals surface area contributed by atoms with Crippen molar-refractivity contribution in [2.75, 3.05) is 0 Å². The highest BCUT2D eigenvalue weighted by Crippen LogP contribution is 2.21. The summed E-state index contributed by atoms with van der Waals surface area (Å²) in [6.45, 7) is 2.06. The molecule has 0 saturated heterocycles. The maximum absolute atomic E-state index is 5.92. The van der Waals surface area contributed by atoms with Crippen LogP contribution in [0, 0.1) is 6.92 Å². The fourth-order valence-electron chi connectivity index (χ4n) is 1.44. The van der Waals surface area contributed by atoms with E-state index in [-0.39, 0.29) is 0 Å². The van der Waals surface area contributed by atoms with Crippen molar-refractivity contribution < 1.29 is 0 Å². The predicted octanol–water partition coefficient (Wildman–Crippen LogP) is 3.05. The molecule has 0 aliphatic heterocycles. The van der Waals surface area contributed by atoms with Crippen LogP contribution in [-0.2, 0) is 7.05 Å². The van der Waals surface area contributed by atoms with Crippen LogP contribution >= 0.6 is 11.6 Å². The van der Waals surface area contributed by atoms with Crippen LogP contribution in [0.3, 0.4) is 0 Å². The first-order valence-corrected chi connectivity index (χ1v) is 4.80. The molecule has 0 aliphatic carbocycles. The summed E-state index contributed by atoms with van der Waals surface area (Å²) in [6, 6.07) is 8.21. The van der Waals surface area contributed by atoms with Crippen molar-refractivity contribution >= 4 is 11.6 Å². The number of rotatable bonds is 1. The summed E-state index contributed by atoms with van der Waals surface area (Å²) in [7, 11) is 1.91. The van der Waals surface area contributed by atoms with E-state index in [1.54, 1.807) is 6.20 Å². The third kappa shape index (κ3) is 1.53. The first-order chi connectivity index (χ1) is 6.68. The second-order valence-electron chi connectivity index (χ2n) is 3.33. The van der Waals surface area contributed by atoms with Crippen LogP contribution in [0.15, 0.2) is 30.5 Å². The molecule has 2 aromatic rings. The molecule has 0 atom stereocenters. The standard InChI is InChI=1S/C11H11ClN2/c1-8-4-3-5-9(6-8)11-13-7-10(12)14(11)2/h3-7H,1-2H3. The van der Waals surface area contributed by atoms with Crippen molar-refractivity contribution in [3.8, 4) is 11.4 Å². The first kappa shape index (κ1) is 9.28. The Bertz CT molecular complexity index is 460. The van der Waals surface area contributed by atoms with Gasteiger partial charge in [0.1, 0.15) is 11.0 Å². The van der Waals surface area contributed by atoms with Crippen LogP contribution in [0.1, 0.15) is 5.56 Å². The summed E-state index contributed by atoms with van der Waals surface area (Å²) in [5.74, 6) is 0.902. The third-order valence-corrected chi connectivity index (χ3v) is 2.56. The molecule has 0 bridgehead atoms. The Balaban J connectivity index is 2.55. The molecular formula is C11H11ClN2. The van der Waals surface area contributed by atoms with E-state index in [9.17, 15) is 0 Å². The fraction of sp³-hybridized carbons (Fsp3) is 0.182. The maximum Gasteiger partial charge on any atom is 0.140 e. The van der Waals surface area contributed by atoms with Gasteiger partial charge in [0.05, 0.1) is 6.20 Å². The number of benzene rings is 1. The molecular weight excluding hydrogens is 196 g/mol. The van der Waals surface area contributed by atoms with Gasteiger partial charge in [0.25, 0.3) is 0 Å². The zero-order chi connectivity index (χ0) is 10.1. The Morgan fingerprint density at radius 1 is 1.36 bits per heavy atom. The molecule has 0 N–H and O–H groups in total. The summed E-state index contributed by atoms with van der Waals surface area (Å²) in [6.07, 6.45) is 1.67. The molecule has 0 aliphatic rings. The highest BCUT2D eigenvalue weighted by atomic mass is 35.5.